The molecule has 0 saturated carbocycles. The highest BCUT2D eigenvalue weighted by Gasteiger charge is 2.09. The summed E-state index contributed by atoms with van der Waals surface area (Å²) in [7, 11) is 3.57. The lowest BCUT2D eigenvalue weighted by atomic mass is 10.3. The highest BCUT2D eigenvalue weighted by atomic mass is 79.9. The molecule has 6 heteroatoms. The van der Waals surface area contributed by atoms with Gasteiger partial charge in [0.1, 0.15) is 18.0 Å². The molecule has 0 atom stereocenters. The van der Waals surface area contributed by atoms with Crippen LogP contribution >= 0.6 is 15.9 Å². The first-order valence-corrected chi connectivity index (χ1v) is 6.36. The molecule has 2 rings (SSSR count). The number of hydrogen-bond donors (Lipinski definition) is 0. The van der Waals surface area contributed by atoms with Gasteiger partial charge in [0.15, 0.2) is 6.19 Å². The summed E-state index contributed by atoms with van der Waals surface area (Å²) < 4.78 is 1.00. The van der Waals surface area contributed by atoms with Crippen molar-refractivity contribution < 1.29 is 0 Å². The third kappa shape index (κ3) is 3.01. The molecule has 0 spiro atoms. The van der Waals surface area contributed by atoms with Gasteiger partial charge in [-0.3, -0.25) is 4.90 Å². The van der Waals surface area contributed by atoms with E-state index in [1.54, 1.807) is 13.1 Å². The minimum Gasteiger partial charge on any atom is -0.329 e. The van der Waals surface area contributed by atoms with E-state index < -0.39 is 0 Å². The third-order valence-corrected chi connectivity index (χ3v) is 3.16. The van der Waals surface area contributed by atoms with Crippen LogP contribution in [0.1, 0.15) is 0 Å². The fourth-order valence-corrected chi connectivity index (χ4v) is 1.96. The van der Waals surface area contributed by atoms with E-state index in [1.165, 1.54) is 11.2 Å². The molecule has 0 aliphatic carbocycles. The highest BCUT2D eigenvalue weighted by Crippen LogP contribution is 2.25. The van der Waals surface area contributed by atoms with Crippen LogP contribution in [0.15, 0.2) is 41.1 Å². The summed E-state index contributed by atoms with van der Waals surface area (Å²) in [6, 6.07) is 9.67. The SMILES string of the molecule is CN(C#N)c1cc(N(C)c2cccc(Br)c2)ncn1. The molecular formula is C13H12BrN5. The molecular weight excluding hydrogens is 306 g/mol. The maximum absolute atomic E-state index is 8.87. The van der Waals surface area contributed by atoms with Gasteiger partial charge in [-0.25, -0.2) is 9.97 Å². The number of rotatable bonds is 3. The predicted octanol–water partition coefficient (Wildman–Crippen LogP) is 2.92. The Kier molecular flexibility index (Phi) is 3.97. The molecule has 5 nitrogen and oxygen atoms in total. The fourth-order valence-electron chi connectivity index (χ4n) is 1.57. The minimum atomic E-state index is 0.564. The van der Waals surface area contributed by atoms with Gasteiger partial charge in [-0.1, -0.05) is 22.0 Å². The number of nitrogens with zero attached hydrogens (tertiary/aromatic N) is 5. The minimum absolute atomic E-state index is 0.564. The average molecular weight is 318 g/mol. The lowest BCUT2D eigenvalue weighted by Gasteiger charge is -2.19. The van der Waals surface area contributed by atoms with Crippen LogP contribution < -0.4 is 9.80 Å². The third-order valence-electron chi connectivity index (χ3n) is 2.67. The van der Waals surface area contributed by atoms with Crippen molar-refractivity contribution in [2.24, 2.45) is 0 Å². The first-order valence-electron chi connectivity index (χ1n) is 5.56. The number of halogens is 1. The summed E-state index contributed by atoms with van der Waals surface area (Å²) >= 11 is 3.44. The molecule has 0 fully saturated rings. The van der Waals surface area contributed by atoms with Crippen molar-refractivity contribution in [1.82, 2.24) is 9.97 Å². The van der Waals surface area contributed by atoms with Crippen LogP contribution in [0, 0.1) is 11.5 Å². The Morgan fingerprint density at radius 2 is 1.89 bits per heavy atom. The molecule has 2 aromatic rings. The second-order valence-corrected chi connectivity index (χ2v) is 4.85. The van der Waals surface area contributed by atoms with Crippen molar-refractivity contribution in [2.45, 2.75) is 0 Å². The van der Waals surface area contributed by atoms with Crippen molar-refractivity contribution in [3.05, 3.63) is 41.1 Å². The smallest absolute Gasteiger partial charge is 0.185 e. The number of anilines is 3. The zero-order valence-corrected chi connectivity index (χ0v) is 12.2. The molecule has 0 N–H and O–H groups in total. The first kappa shape index (κ1) is 13.3. The fraction of sp³-hybridized carbons (Fsp3) is 0.154. The Morgan fingerprint density at radius 3 is 2.58 bits per heavy atom. The molecule has 0 saturated heterocycles. The van der Waals surface area contributed by atoms with Gasteiger partial charge in [0.05, 0.1) is 0 Å². The summed E-state index contributed by atoms with van der Waals surface area (Å²) in [4.78, 5) is 11.6. The number of nitriles is 1. The number of aromatic nitrogens is 2. The van der Waals surface area contributed by atoms with Gasteiger partial charge in [0.2, 0.25) is 0 Å². The average Bonchev–Trinajstić information content (AvgIpc) is 2.45. The van der Waals surface area contributed by atoms with Crippen LogP contribution in [0.4, 0.5) is 17.3 Å². The zero-order chi connectivity index (χ0) is 13.8. The van der Waals surface area contributed by atoms with E-state index >= 15 is 0 Å². The van der Waals surface area contributed by atoms with Crippen molar-refractivity contribution in [2.75, 3.05) is 23.9 Å². The summed E-state index contributed by atoms with van der Waals surface area (Å²) in [5, 5.41) is 8.87. The molecule has 0 amide bonds. The second kappa shape index (κ2) is 5.67. The van der Waals surface area contributed by atoms with Crippen LogP contribution in [0.5, 0.6) is 0 Å². The van der Waals surface area contributed by atoms with Gasteiger partial charge in [0.25, 0.3) is 0 Å². The second-order valence-electron chi connectivity index (χ2n) is 3.93. The van der Waals surface area contributed by atoms with Crippen LogP contribution in [-0.4, -0.2) is 24.1 Å². The Balaban J connectivity index is 2.34. The molecule has 1 aromatic heterocycles. The Hall–Kier alpha value is -2.13. The van der Waals surface area contributed by atoms with Crippen molar-refractivity contribution in [3.8, 4) is 6.19 Å². The van der Waals surface area contributed by atoms with Crippen molar-refractivity contribution in [1.29, 1.82) is 5.26 Å². The maximum Gasteiger partial charge on any atom is 0.185 e. The summed E-state index contributed by atoms with van der Waals surface area (Å²) in [6.45, 7) is 0. The monoisotopic (exact) mass is 317 g/mol. The quantitative estimate of drug-likeness (QED) is 0.643. The zero-order valence-electron chi connectivity index (χ0n) is 10.6. The van der Waals surface area contributed by atoms with Crippen LogP contribution in [0.3, 0.4) is 0 Å². The molecule has 96 valence electrons. The molecule has 0 bridgehead atoms. The Morgan fingerprint density at radius 1 is 1.16 bits per heavy atom. The molecule has 0 aliphatic rings. The number of hydrogen-bond acceptors (Lipinski definition) is 5. The largest absolute Gasteiger partial charge is 0.329 e. The molecule has 0 unspecified atom stereocenters. The summed E-state index contributed by atoms with van der Waals surface area (Å²) in [5.74, 6) is 1.29. The standard InChI is InChI=1S/C13H12BrN5/c1-18(8-15)12-7-13(17-9-16-12)19(2)11-5-3-4-10(14)6-11/h3-7,9H,1-2H3. The van der Waals surface area contributed by atoms with Crippen molar-refractivity contribution >= 4 is 33.3 Å². The van der Waals surface area contributed by atoms with Gasteiger partial charge in [0, 0.05) is 30.3 Å². The van der Waals surface area contributed by atoms with Crippen LogP contribution in [-0.2, 0) is 0 Å². The van der Waals surface area contributed by atoms with Gasteiger partial charge in [-0.2, -0.15) is 5.26 Å². The molecule has 1 aromatic carbocycles. The summed E-state index contributed by atoms with van der Waals surface area (Å²) in [5.41, 5.74) is 0.999. The molecule has 0 aliphatic heterocycles. The van der Waals surface area contributed by atoms with E-state index in [0.29, 0.717) is 5.82 Å². The summed E-state index contributed by atoms with van der Waals surface area (Å²) in [6.07, 6.45) is 3.46. The Bertz CT molecular complexity index is 622. The van der Waals surface area contributed by atoms with Gasteiger partial charge in [-0.05, 0) is 18.2 Å². The van der Waals surface area contributed by atoms with E-state index in [0.717, 1.165) is 16.0 Å². The highest BCUT2D eigenvalue weighted by molar-refractivity contribution is 9.10. The van der Waals surface area contributed by atoms with Gasteiger partial charge < -0.3 is 4.90 Å². The first-order chi connectivity index (χ1) is 9.11. The molecule has 19 heavy (non-hydrogen) atoms. The van der Waals surface area contributed by atoms with Crippen molar-refractivity contribution in [3.63, 3.8) is 0 Å². The van der Waals surface area contributed by atoms with E-state index in [4.69, 9.17) is 5.26 Å². The predicted molar refractivity (Wildman–Crippen MR) is 78.3 cm³/mol. The lowest BCUT2D eigenvalue weighted by molar-refractivity contribution is 1.04. The van der Waals surface area contributed by atoms with E-state index in [-0.39, 0.29) is 0 Å². The van der Waals surface area contributed by atoms with Crippen LogP contribution in [0.2, 0.25) is 0 Å². The molecule has 0 radical (unpaired) electrons. The van der Waals surface area contributed by atoms with Crippen LogP contribution in [0.25, 0.3) is 0 Å². The molecule has 1 heterocycles. The van der Waals surface area contributed by atoms with Gasteiger partial charge >= 0.3 is 0 Å². The van der Waals surface area contributed by atoms with Gasteiger partial charge in [-0.15, -0.1) is 0 Å². The van der Waals surface area contributed by atoms with E-state index in [9.17, 15) is 0 Å². The normalized spacial score (nSPS) is 9.79. The maximum atomic E-state index is 8.87. The Labute approximate surface area is 120 Å². The lowest BCUT2D eigenvalue weighted by Crippen LogP contribution is -2.14. The van der Waals surface area contributed by atoms with E-state index in [1.807, 2.05) is 42.4 Å². The topological polar surface area (TPSA) is 56.1 Å². The number of benzene rings is 1. The van der Waals surface area contributed by atoms with E-state index in [2.05, 4.69) is 25.9 Å².